The number of carbonyl (C=O) groups is 2. The zero-order valence-electron chi connectivity index (χ0n) is 14.0. The summed E-state index contributed by atoms with van der Waals surface area (Å²) in [5.41, 5.74) is -0.509. The first-order valence-corrected chi connectivity index (χ1v) is 9.51. The molecule has 0 fully saturated rings. The summed E-state index contributed by atoms with van der Waals surface area (Å²) in [5.74, 6) is -2.64. The van der Waals surface area contributed by atoms with Crippen LogP contribution in [-0.4, -0.2) is 46.9 Å². The largest absolute Gasteiger partial charge is 0.379 e. The molecule has 2 rings (SSSR count). The first-order chi connectivity index (χ1) is 12.5. The molecule has 1 aromatic heterocycles. The molecule has 9 nitrogen and oxygen atoms in total. The van der Waals surface area contributed by atoms with E-state index in [1.165, 1.54) is 48.1 Å². The summed E-state index contributed by atoms with van der Waals surface area (Å²) >= 11 is 5.65. The van der Waals surface area contributed by atoms with Crippen LogP contribution in [0.2, 0.25) is 5.15 Å². The lowest BCUT2D eigenvalue weighted by Crippen LogP contribution is -2.48. The van der Waals surface area contributed by atoms with Crippen molar-refractivity contribution in [3.8, 4) is 0 Å². The second-order valence-electron chi connectivity index (χ2n) is 5.82. The van der Waals surface area contributed by atoms with E-state index >= 15 is 0 Å². The Hall–Kier alpha value is -2.53. The van der Waals surface area contributed by atoms with E-state index in [1.807, 2.05) is 0 Å². The summed E-state index contributed by atoms with van der Waals surface area (Å²) in [5, 5.41) is 21.2. The van der Waals surface area contributed by atoms with Crippen LogP contribution in [0.1, 0.15) is 17.3 Å². The van der Waals surface area contributed by atoms with Crippen LogP contribution in [0.4, 0.5) is 5.69 Å². The number of anilines is 1. The Bertz CT molecular complexity index is 943. The lowest BCUT2D eigenvalue weighted by Gasteiger charge is -2.20. The number of benzene rings is 1. The van der Waals surface area contributed by atoms with Gasteiger partial charge < -0.3 is 10.4 Å². The normalized spacial score (nSPS) is 13.5. The highest BCUT2D eigenvalue weighted by atomic mass is 35.5. The molecule has 11 heteroatoms. The van der Waals surface area contributed by atoms with Crippen molar-refractivity contribution in [3.05, 3.63) is 53.3 Å². The van der Waals surface area contributed by atoms with Gasteiger partial charge in [0.2, 0.25) is 0 Å². The number of aliphatic hydroxyl groups is 1. The monoisotopic (exact) mass is 413 g/mol. The van der Waals surface area contributed by atoms with Gasteiger partial charge in [-0.3, -0.25) is 14.8 Å². The van der Waals surface area contributed by atoms with E-state index in [9.17, 15) is 23.1 Å². The van der Waals surface area contributed by atoms with Crippen molar-refractivity contribution in [3.63, 3.8) is 0 Å². The van der Waals surface area contributed by atoms with Gasteiger partial charge in [-0.25, -0.2) is 18.9 Å². The zero-order chi connectivity index (χ0) is 20.2. The third kappa shape index (κ3) is 5.23. The van der Waals surface area contributed by atoms with Gasteiger partial charge in [-0.05, 0) is 43.3 Å². The molecule has 0 aliphatic heterocycles. The molecule has 0 saturated carbocycles. The van der Waals surface area contributed by atoms with Gasteiger partial charge in [0, 0.05) is 11.9 Å². The second-order valence-corrected chi connectivity index (χ2v) is 8.20. The Morgan fingerprint density at radius 2 is 1.81 bits per heavy atom. The quantitative estimate of drug-likeness (QED) is 0.314. The summed E-state index contributed by atoms with van der Waals surface area (Å²) in [7, 11) is -4.03. The molecule has 2 aromatic rings. The second kappa shape index (κ2) is 8.01. The topological polar surface area (TPSA) is 146 Å². The van der Waals surface area contributed by atoms with Crippen LogP contribution in [0.15, 0.2) is 47.5 Å². The predicted octanol–water partition coefficient (Wildman–Crippen LogP) is 1.02. The van der Waals surface area contributed by atoms with E-state index in [1.54, 1.807) is 0 Å². The third-order valence-corrected chi connectivity index (χ3v) is 5.68. The fraction of sp³-hybridized carbons (Fsp3) is 0.188. The number of aromatic nitrogens is 1. The van der Waals surface area contributed by atoms with Crippen molar-refractivity contribution < 1.29 is 28.3 Å². The van der Waals surface area contributed by atoms with Crippen LogP contribution in [0.5, 0.6) is 0 Å². The van der Waals surface area contributed by atoms with Crippen LogP contribution < -0.4 is 10.8 Å². The van der Waals surface area contributed by atoms with E-state index in [4.69, 9.17) is 16.8 Å². The van der Waals surface area contributed by atoms with E-state index in [-0.39, 0.29) is 15.6 Å². The number of halogens is 1. The first-order valence-electron chi connectivity index (χ1n) is 7.48. The van der Waals surface area contributed by atoms with Crippen molar-refractivity contribution in [1.29, 1.82) is 0 Å². The molecule has 0 bridgehead atoms. The average molecular weight is 414 g/mol. The molecular weight excluding hydrogens is 398 g/mol. The molecule has 1 unspecified atom stereocenters. The molecule has 0 spiro atoms. The SMILES string of the molecule is CC(O)(CS(=O)(=O)c1ccc(NC(=O)c2ccc(Cl)nc2)cc1)C(=O)NO. The highest BCUT2D eigenvalue weighted by molar-refractivity contribution is 7.91. The number of carbonyl (C=O) groups excluding carboxylic acids is 2. The third-order valence-electron chi connectivity index (χ3n) is 3.52. The predicted molar refractivity (Wildman–Crippen MR) is 96.2 cm³/mol. The maximum absolute atomic E-state index is 12.3. The van der Waals surface area contributed by atoms with Gasteiger partial charge >= 0.3 is 0 Å². The number of nitrogens with one attached hydrogen (secondary N) is 2. The minimum atomic E-state index is -4.03. The number of nitrogens with zero attached hydrogens (tertiary/aromatic N) is 1. The summed E-state index contributed by atoms with van der Waals surface area (Å²) in [4.78, 5) is 27.1. The van der Waals surface area contributed by atoms with Gasteiger partial charge in [0.05, 0.1) is 16.2 Å². The lowest BCUT2D eigenvalue weighted by molar-refractivity contribution is -0.144. The molecule has 0 aliphatic rings. The van der Waals surface area contributed by atoms with E-state index in [0.717, 1.165) is 6.92 Å². The Balaban J connectivity index is 2.13. The molecule has 1 atom stereocenters. The number of rotatable bonds is 6. The van der Waals surface area contributed by atoms with Crippen molar-refractivity contribution in [2.45, 2.75) is 17.4 Å². The molecule has 4 N–H and O–H groups in total. The molecule has 0 radical (unpaired) electrons. The minimum Gasteiger partial charge on any atom is -0.379 e. The number of pyridine rings is 1. The zero-order valence-corrected chi connectivity index (χ0v) is 15.6. The molecule has 2 amide bonds. The maximum Gasteiger partial charge on any atom is 0.276 e. The smallest absolute Gasteiger partial charge is 0.276 e. The minimum absolute atomic E-state index is 0.167. The number of sulfone groups is 1. The Morgan fingerprint density at radius 1 is 1.19 bits per heavy atom. The van der Waals surface area contributed by atoms with Crippen LogP contribution in [0, 0.1) is 0 Å². The van der Waals surface area contributed by atoms with E-state index in [0.29, 0.717) is 5.69 Å². The van der Waals surface area contributed by atoms with Crippen molar-refractivity contribution in [1.82, 2.24) is 10.5 Å². The summed E-state index contributed by atoms with van der Waals surface area (Å²) in [6, 6.07) is 8.10. The average Bonchev–Trinajstić information content (AvgIpc) is 2.61. The molecule has 144 valence electrons. The molecule has 27 heavy (non-hydrogen) atoms. The van der Waals surface area contributed by atoms with Gasteiger partial charge in [0.1, 0.15) is 5.15 Å². The summed E-state index contributed by atoms with van der Waals surface area (Å²) < 4.78 is 24.7. The van der Waals surface area contributed by atoms with Gasteiger partial charge in [-0.15, -0.1) is 0 Å². The molecular formula is C16H16ClN3O6S. The van der Waals surface area contributed by atoms with Crippen LogP contribution in [-0.2, 0) is 14.6 Å². The van der Waals surface area contributed by atoms with Crippen molar-refractivity contribution in [2.75, 3.05) is 11.1 Å². The van der Waals surface area contributed by atoms with Gasteiger partial charge in [0.15, 0.2) is 15.4 Å². The van der Waals surface area contributed by atoms with Crippen LogP contribution in [0.25, 0.3) is 0 Å². The maximum atomic E-state index is 12.3. The standard InChI is InChI=1S/C16H16ClN3O6S/c1-16(23,15(22)20-24)9-27(25,26)12-5-3-11(4-6-12)19-14(21)10-2-7-13(17)18-8-10/h2-8,23-24H,9H2,1H3,(H,19,21)(H,20,22). The lowest BCUT2D eigenvalue weighted by atomic mass is 10.1. The first kappa shape index (κ1) is 20.8. The summed E-state index contributed by atoms with van der Waals surface area (Å²) in [6.07, 6.45) is 1.30. The number of hydrogen-bond acceptors (Lipinski definition) is 7. The fourth-order valence-corrected chi connectivity index (χ4v) is 3.80. The molecule has 0 saturated heterocycles. The van der Waals surface area contributed by atoms with E-state index in [2.05, 4.69) is 10.3 Å². The number of hydrogen-bond donors (Lipinski definition) is 4. The molecule has 0 aliphatic carbocycles. The fourth-order valence-electron chi connectivity index (χ4n) is 2.10. The van der Waals surface area contributed by atoms with Crippen LogP contribution >= 0.6 is 11.6 Å². The highest BCUT2D eigenvalue weighted by Crippen LogP contribution is 2.20. The Morgan fingerprint density at radius 3 is 2.33 bits per heavy atom. The van der Waals surface area contributed by atoms with Gasteiger partial charge in [0.25, 0.3) is 11.8 Å². The van der Waals surface area contributed by atoms with E-state index < -0.39 is 33.0 Å². The Kier molecular flexibility index (Phi) is 6.16. The molecule has 1 aromatic carbocycles. The number of amides is 2. The highest BCUT2D eigenvalue weighted by Gasteiger charge is 2.36. The van der Waals surface area contributed by atoms with Crippen molar-refractivity contribution in [2.24, 2.45) is 0 Å². The Labute approximate surface area is 159 Å². The number of hydroxylamine groups is 1. The van der Waals surface area contributed by atoms with Gasteiger partial charge in [-0.2, -0.15) is 0 Å². The van der Waals surface area contributed by atoms with Crippen molar-refractivity contribution >= 4 is 38.9 Å². The van der Waals surface area contributed by atoms with Gasteiger partial charge in [-0.1, -0.05) is 11.6 Å². The molecule has 1 heterocycles. The van der Waals surface area contributed by atoms with Crippen LogP contribution in [0.3, 0.4) is 0 Å². The summed E-state index contributed by atoms with van der Waals surface area (Å²) in [6.45, 7) is 0.963.